The van der Waals surface area contributed by atoms with E-state index in [-0.39, 0.29) is 5.91 Å². The lowest BCUT2D eigenvalue weighted by molar-refractivity contribution is -0.111. The van der Waals surface area contributed by atoms with E-state index in [4.69, 9.17) is 4.74 Å². The van der Waals surface area contributed by atoms with Crippen LogP contribution in [0.25, 0.3) is 6.08 Å². The molecular weight excluding hydrogens is 401 g/mol. The van der Waals surface area contributed by atoms with Crippen LogP contribution in [0.1, 0.15) is 24.5 Å². The van der Waals surface area contributed by atoms with Gasteiger partial charge in [-0.2, -0.15) is 0 Å². The molecule has 0 heterocycles. The second-order valence-electron chi connectivity index (χ2n) is 5.17. The third-order valence-corrected chi connectivity index (χ3v) is 3.91. The first-order valence-corrected chi connectivity index (χ1v) is 8.65. The average Bonchev–Trinajstić information content (AvgIpc) is 2.54. The van der Waals surface area contributed by atoms with Crippen molar-refractivity contribution in [3.05, 3.63) is 63.2 Å². The molecule has 4 heteroatoms. The van der Waals surface area contributed by atoms with Crippen LogP contribution in [-0.4, -0.2) is 12.5 Å². The van der Waals surface area contributed by atoms with Crippen molar-refractivity contribution in [2.45, 2.75) is 20.3 Å². The Bertz CT molecular complexity index is 710. The summed E-state index contributed by atoms with van der Waals surface area (Å²) in [6, 6.07) is 13.6. The lowest BCUT2D eigenvalue weighted by Gasteiger charge is -2.08. The molecule has 0 saturated heterocycles. The lowest BCUT2D eigenvalue weighted by atomic mass is 10.1. The molecule has 0 aliphatic rings. The molecule has 0 radical (unpaired) electrons. The van der Waals surface area contributed by atoms with Crippen molar-refractivity contribution in [1.82, 2.24) is 0 Å². The highest BCUT2D eigenvalue weighted by atomic mass is 127. The van der Waals surface area contributed by atoms with Gasteiger partial charge in [0.1, 0.15) is 5.75 Å². The quantitative estimate of drug-likeness (QED) is 0.524. The first kappa shape index (κ1) is 17.5. The molecular formula is C19H20INO2. The zero-order valence-corrected chi connectivity index (χ0v) is 15.5. The Kier molecular flexibility index (Phi) is 6.65. The van der Waals surface area contributed by atoms with Gasteiger partial charge in [0.25, 0.3) is 0 Å². The Morgan fingerprint density at radius 3 is 2.78 bits per heavy atom. The summed E-state index contributed by atoms with van der Waals surface area (Å²) in [7, 11) is 0. The summed E-state index contributed by atoms with van der Waals surface area (Å²) in [5.41, 5.74) is 2.77. The van der Waals surface area contributed by atoms with Gasteiger partial charge < -0.3 is 10.1 Å². The van der Waals surface area contributed by atoms with E-state index in [9.17, 15) is 4.79 Å². The summed E-state index contributed by atoms with van der Waals surface area (Å²) in [6.07, 6.45) is 4.26. The number of aryl methyl sites for hydroxylation is 1. The Balaban J connectivity index is 2.06. The fraction of sp³-hybridized carbons (Fsp3) is 0.211. The van der Waals surface area contributed by atoms with Crippen molar-refractivity contribution >= 4 is 40.3 Å². The van der Waals surface area contributed by atoms with Crippen LogP contribution >= 0.6 is 22.6 Å². The highest BCUT2D eigenvalue weighted by Crippen LogP contribution is 2.20. The Hall–Kier alpha value is -1.82. The van der Waals surface area contributed by atoms with Gasteiger partial charge >= 0.3 is 0 Å². The SMILES string of the molecule is CCCOc1ccccc1/C=C/C(=O)Nc1ccc(I)cc1C. The Labute approximate surface area is 150 Å². The number of nitrogens with one attached hydrogen (secondary N) is 1. The number of para-hydroxylation sites is 1. The van der Waals surface area contributed by atoms with E-state index in [0.717, 1.165) is 32.6 Å². The van der Waals surface area contributed by atoms with Crippen LogP contribution in [0.3, 0.4) is 0 Å². The van der Waals surface area contributed by atoms with E-state index < -0.39 is 0 Å². The van der Waals surface area contributed by atoms with Crippen molar-refractivity contribution in [2.75, 3.05) is 11.9 Å². The summed E-state index contributed by atoms with van der Waals surface area (Å²) in [5, 5.41) is 2.90. The maximum absolute atomic E-state index is 12.1. The number of rotatable bonds is 6. The molecule has 0 aromatic heterocycles. The van der Waals surface area contributed by atoms with Crippen LogP contribution in [0.15, 0.2) is 48.5 Å². The van der Waals surface area contributed by atoms with Crippen molar-refractivity contribution in [1.29, 1.82) is 0 Å². The molecule has 0 atom stereocenters. The number of ether oxygens (including phenoxy) is 1. The van der Waals surface area contributed by atoms with Gasteiger partial charge in [0.2, 0.25) is 5.91 Å². The van der Waals surface area contributed by atoms with Gasteiger partial charge in [0.05, 0.1) is 6.61 Å². The van der Waals surface area contributed by atoms with Gasteiger partial charge in [-0.15, -0.1) is 0 Å². The molecule has 0 saturated carbocycles. The van der Waals surface area contributed by atoms with E-state index in [1.165, 1.54) is 6.08 Å². The van der Waals surface area contributed by atoms with Crippen LogP contribution in [0, 0.1) is 10.5 Å². The van der Waals surface area contributed by atoms with E-state index in [2.05, 4.69) is 34.8 Å². The normalized spacial score (nSPS) is 10.7. The first-order valence-electron chi connectivity index (χ1n) is 7.57. The molecule has 2 aromatic carbocycles. The molecule has 23 heavy (non-hydrogen) atoms. The summed E-state index contributed by atoms with van der Waals surface area (Å²) in [5.74, 6) is 0.642. The summed E-state index contributed by atoms with van der Waals surface area (Å²) < 4.78 is 6.83. The molecule has 0 unspecified atom stereocenters. The van der Waals surface area contributed by atoms with Gasteiger partial charge in [0.15, 0.2) is 0 Å². The third-order valence-electron chi connectivity index (χ3n) is 3.24. The van der Waals surface area contributed by atoms with Gasteiger partial charge in [-0.05, 0) is 71.8 Å². The number of benzene rings is 2. The molecule has 2 aromatic rings. The number of halogens is 1. The van der Waals surface area contributed by atoms with Crippen LogP contribution in [0.4, 0.5) is 5.69 Å². The van der Waals surface area contributed by atoms with E-state index in [0.29, 0.717) is 6.61 Å². The van der Waals surface area contributed by atoms with E-state index >= 15 is 0 Å². The van der Waals surface area contributed by atoms with Crippen molar-refractivity contribution < 1.29 is 9.53 Å². The van der Waals surface area contributed by atoms with Crippen molar-refractivity contribution in [3.8, 4) is 5.75 Å². The highest BCUT2D eigenvalue weighted by molar-refractivity contribution is 14.1. The van der Waals surface area contributed by atoms with Crippen molar-refractivity contribution in [2.24, 2.45) is 0 Å². The van der Waals surface area contributed by atoms with E-state index in [1.54, 1.807) is 6.08 Å². The predicted molar refractivity (Wildman–Crippen MR) is 104 cm³/mol. The molecule has 0 aliphatic heterocycles. The number of carbonyl (C=O) groups excluding carboxylic acids is 1. The molecule has 120 valence electrons. The average molecular weight is 421 g/mol. The third kappa shape index (κ3) is 5.39. The minimum Gasteiger partial charge on any atom is -0.493 e. The largest absolute Gasteiger partial charge is 0.493 e. The molecule has 0 fully saturated rings. The van der Waals surface area contributed by atoms with Crippen LogP contribution in [-0.2, 0) is 4.79 Å². The highest BCUT2D eigenvalue weighted by Gasteiger charge is 2.03. The van der Waals surface area contributed by atoms with Gasteiger partial charge in [-0.1, -0.05) is 25.1 Å². The fourth-order valence-corrected chi connectivity index (χ4v) is 2.72. The number of hydrogen-bond acceptors (Lipinski definition) is 2. The van der Waals surface area contributed by atoms with Crippen LogP contribution < -0.4 is 10.1 Å². The minimum atomic E-state index is -0.153. The maximum atomic E-state index is 12.1. The van der Waals surface area contributed by atoms with Crippen LogP contribution in [0.5, 0.6) is 5.75 Å². The Morgan fingerprint density at radius 1 is 1.26 bits per heavy atom. The zero-order chi connectivity index (χ0) is 16.7. The first-order chi connectivity index (χ1) is 11.1. The second kappa shape index (κ2) is 8.72. The molecule has 0 aliphatic carbocycles. The van der Waals surface area contributed by atoms with E-state index in [1.807, 2.05) is 49.4 Å². The van der Waals surface area contributed by atoms with Crippen molar-refractivity contribution in [3.63, 3.8) is 0 Å². The second-order valence-corrected chi connectivity index (χ2v) is 6.41. The standard InChI is InChI=1S/C19H20INO2/c1-3-12-23-18-7-5-4-6-15(18)8-11-19(22)21-17-10-9-16(20)13-14(17)2/h4-11,13H,3,12H2,1-2H3,(H,21,22)/b11-8+. The van der Waals surface area contributed by atoms with Gasteiger partial charge in [-0.3, -0.25) is 4.79 Å². The number of amides is 1. The van der Waals surface area contributed by atoms with Gasteiger partial charge in [0, 0.05) is 20.9 Å². The topological polar surface area (TPSA) is 38.3 Å². The maximum Gasteiger partial charge on any atom is 0.248 e. The molecule has 1 amide bonds. The molecule has 0 bridgehead atoms. The molecule has 1 N–H and O–H groups in total. The number of hydrogen-bond donors (Lipinski definition) is 1. The number of carbonyl (C=O) groups is 1. The Morgan fingerprint density at radius 2 is 2.04 bits per heavy atom. The smallest absolute Gasteiger partial charge is 0.248 e. The zero-order valence-electron chi connectivity index (χ0n) is 13.3. The molecule has 0 spiro atoms. The van der Waals surface area contributed by atoms with Gasteiger partial charge in [-0.25, -0.2) is 0 Å². The minimum absolute atomic E-state index is 0.153. The molecule has 2 rings (SSSR count). The lowest BCUT2D eigenvalue weighted by Crippen LogP contribution is -2.09. The van der Waals surface area contributed by atoms with Crippen LogP contribution in [0.2, 0.25) is 0 Å². The summed E-state index contributed by atoms with van der Waals surface area (Å²) in [4.78, 5) is 12.1. The fourth-order valence-electron chi connectivity index (χ4n) is 2.07. The predicted octanol–water partition coefficient (Wildman–Crippen LogP) is 5.04. The molecule has 3 nitrogen and oxygen atoms in total. The summed E-state index contributed by atoms with van der Waals surface area (Å²) in [6.45, 7) is 4.71. The monoisotopic (exact) mass is 421 g/mol. The number of anilines is 1. The summed E-state index contributed by atoms with van der Waals surface area (Å²) >= 11 is 2.25.